The first-order chi connectivity index (χ1) is 7.40. The first kappa shape index (κ1) is 13.4. The molecule has 0 unspecified atom stereocenters. The van der Waals surface area contributed by atoms with Gasteiger partial charge in [-0.05, 0) is 6.07 Å². The Hall–Kier alpha value is -0.690. The van der Waals surface area contributed by atoms with Gasteiger partial charge in [-0.15, -0.1) is 0 Å². The van der Waals surface area contributed by atoms with Crippen LogP contribution in [-0.4, -0.2) is 20.7 Å². The van der Waals surface area contributed by atoms with Crippen LogP contribution < -0.4 is 10.5 Å². The maximum absolute atomic E-state index is 13.3. The maximum atomic E-state index is 13.3. The van der Waals surface area contributed by atoms with Gasteiger partial charge in [-0.3, -0.25) is 0 Å². The number of sulfonamides is 1. The molecule has 1 aromatic rings. The zero-order valence-corrected chi connectivity index (χ0v) is 9.98. The van der Waals surface area contributed by atoms with Crippen LogP contribution in [0.5, 0.6) is 0 Å². The summed E-state index contributed by atoms with van der Waals surface area (Å²) >= 11 is 5.58. The summed E-state index contributed by atoms with van der Waals surface area (Å²) in [5.74, 6) is -0.679. The summed E-state index contributed by atoms with van der Waals surface area (Å²) in [5.41, 5.74) is 0.391. The minimum atomic E-state index is -3.48. The second-order valence-corrected chi connectivity index (χ2v) is 5.40. The molecule has 0 fully saturated rings. The van der Waals surface area contributed by atoms with E-state index in [1.807, 2.05) is 0 Å². The van der Waals surface area contributed by atoms with E-state index in [1.54, 1.807) is 12.1 Å². The maximum Gasteiger partial charge on any atom is 0.210 e. The Morgan fingerprint density at radius 1 is 1.44 bits per heavy atom. The van der Waals surface area contributed by atoms with Crippen LogP contribution in [0.25, 0.3) is 0 Å². The van der Waals surface area contributed by atoms with Crippen molar-refractivity contribution in [3.05, 3.63) is 34.6 Å². The van der Waals surface area contributed by atoms with Gasteiger partial charge in [0.15, 0.2) is 0 Å². The van der Waals surface area contributed by atoms with E-state index in [0.29, 0.717) is 5.56 Å². The summed E-state index contributed by atoms with van der Waals surface area (Å²) < 4.78 is 34.6. The molecule has 4 nitrogen and oxygen atoms in total. The van der Waals surface area contributed by atoms with Crippen molar-refractivity contribution in [2.45, 2.75) is 6.54 Å². The fraction of sp³-hybridized carbons (Fsp3) is 0.333. The standard InChI is InChI=1S/C9H12ClFN2O2S/c10-8-3-1-2-7(9(8)11)6-13-4-5-16(12,14)15/h1-3,13H,4-6H2,(H2,12,14,15). The summed E-state index contributed by atoms with van der Waals surface area (Å²) in [5, 5.41) is 7.62. The summed E-state index contributed by atoms with van der Waals surface area (Å²) in [6, 6.07) is 4.65. The lowest BCUT2D eigenvalue weighted by Crippen LogP contribution is -2.27. The van der Waals surface area contributed by atoms with Gasteiger partial charge in [0.1, 0.15) is 5.82 Å². The monoisotopic (exact) mass is 266 g/mol. The van der Waals surface area contributed by atoms with Gasteiger partial charge in [0.25, 0.3) is 0 Å². The molecule has 90 valence electrons. The summed E-state index contributed by atoms with van der Waals surface area (Å²) in [4.78, 5) is 0. The second-order valence-electron chi connectivity index (χ2n) is 3.26. The number of benzene rings is 1. The van der Waals surface area contributed by atoms with Crippen LogP contribution in [0, 0.1) is 5.82 Å². The fourth-order valence-electron chi connectivity index (χ4n) is 1.12. The Bertz CT molecular complexity index is 465. The number of nitrogens with two attached hydrogens (primary N) is 1. The van der Waals surface area contributed by atoms with Gasteiger partial charge in [0, 0.05) is 18.7 Å². The molecule has 0 aliphatic carbocycles. The molecule has 1 rings (SSSR count). The van der Waals surface area contributed by atoms with E-state index in [0.717, 1.165) is 0 Å². The Labute approximate surface area is 98.6 Å². The van der Waals surface area contributed by atoms with Crippen molar-refractivity contribution in [2.75, 3.05) is 12.3 Å². The zero-order chi connectivity index (χ0) is 12.2. The van der Waals surface area contributed by atoms with Gasteiger partial charge in [-0.25, -0.2) is 17.9 Å². The van der Waals surface area contributed by atoms with Crippen molar-refractivity contribution in [2.24, 2.45) is 5.14 Å². The average molecular weight is 267 g/mol. The van der Waals surface area contributed by atoms with E-state index in [1.165, 1.54) is 6.07 Å². The highest BCUT2D eigenvalue weighted by atomic mass is 35.5. The van der Waals surface area contributed by atoms with Gasteiger partial charge >= 0.3 is 0 Å². The molecule has 0 aliphatic rings. The van der Waals surface area contributed by atoms with Crippen molar-refractivity contribution in [3.8, 4) is 0 Å². The van der Waals surface area contributed by atoms with Crippen molar-refractivity contribution >= 4 is 21.6 Å². The molecule has 0 saturated carbocycles. The summed E-state index contributed by atoms with van der Waals surface area (Å²) in [6.07, 6.45) is 0. The van der Waals surface area contributed by atoms with Crippen LogP contribution in [0.1, 0.15) is 5.56 Å². The predicted molar refractivity (Wildman–Crippen MR) is 61.1 cm³/mol. The number of primary sulfonamides is 1. The number of halogens is 2. The molecule has 3 N–H and O–H groups in total. The van der Waals surface area contributed by atoms with Gasteiger partial charge < -0.3 is 5.32 Å². The Balaban J connectivity index is 2.47. The van der Waals surface area contributed by atoms with Gasteiger partial charge in [-0.2, -0.15) is 0 Å². The number of rotatable bonds is 5. The van der Waals surface area contributed by atoms with Crippen LogP contribution in [0.2, 0.25) is 5.02 Å². The van der Waals surface area contributed by atoms with Crippen LogP contribution >= 0.6 is 11.6 Å². The van der Waals surface area contributed by atoms with Crippen molar-refractivity contribution in [1.29, 1.82) is 0 Å². The molecule has 0 atom stereocenters. The third kappa shape index (κ3) is 4.44. The molecule has 0 saturated heterocycles. The molecular weight excluding hydrogens is 255 g/mol. The lowest BCUT2D eigenvalue weighted by atomic mass is 10.2. The van der Waals surface area contributed by atoms with E-state index in [4.69, 9.17) is 16.7 Å². The lowest BCUT2D eigenvalue weighted by Gasteiger charge is -2.06. The molecule has 0 heterocycles. The molecule has 0 bridgehead atoms. The molecule has 0 radical (unpaired) electrons. The number of hydrogen-bond donors (Lipinski definition) is 2. The SMILES string of the molecule is NS(=O)(=O)CCNCc1cccc(Cl)c1F. The van der Waals surface area contributed by atoms with Crippen LogP contribution in [0.4, 0.5) is 4.39 Å². The zero-order valence-electron chi connectivity index (χ0n) is 8.41. The molecule has 7 heteroatoms. The topological polar surface area (TPSA) is 72.2 Å². The van der Waals surface area contributed by atoms with E-state index in [-0.39, 0.29) is 23.9 Å². The quantitative estimate of drug-likeness (QED) is 0.777. The summed E-state index contributed by atoms with van der Waals surface area (Å²) in [6.45, 7) is 0.382. The number of hydrogen-bond acceptors (Lipinski definition) is 3. The molecule has 0 amide bonds. The van der Waals surface area contributed by atoms with E-state index >= 15 is 0 Å². The number of nitrogens with one attached hydrogen (secondary N) is 1. The van der Waals surface area contributed by atoms with Gasteiger partial charge in [-0.1, -0.05) is 23.7 Å². The highest BCUT2D eigenvalue weighted by Gasteiger charge is 2.06. The third-order valence-electron chi connectivity index (χ3n) is 1.91. The van der Waals surface area contributed by atoms with Gasteiger partial charge in [0.2, 0.25) is 10.0 Å². The molecule has 1 aromatic carbocycles. The highest BCUT2D eigenvalue weighted by molar-refractivity contribution is 7.89. The van der Waals surface area contributed by atoms with Crippen LogP contribution in [0.3, 0.4) is 0 Å². The van der Waals surface area contributed by atoms with Gasteiger partial charge in [0.05, 0.1) is 10.8 Å². The smallest absolute Gasteiger partial charge is 0.210 e. The normalized spacial score (nSPS) is 11.7. The first-order valence-corrected chi connectivity index (χ1v) is 6.63. The largest absolute Gasteiger partial charge is 0.312 e. The minimum absolute atomic E-state index is 0.0470. The minimum Gasteiger partial charge on any atom is -0.312 e. The Morgan fingerprint density at radius 3 is 2.75 bits per heavy atom. The van der Waals surface area contributed by atoms with Crippen LogP contribution in [-0.2, 0) is 16.6 Å². The average Bonchev–Trinajstić information content (AvgIpc) is 2.17. The molecule has 16 heavy (non-hydrogen) atoms. The van der Waals surface area contributed by atoms with E-state index < -0.39 is 15.8 Å². The molecule has 0 spiro atoms. The Morgan fingerprint density at radius 2 is 2.12 bits per heavy atom. The predicted octanol–water partition coefficient (Wildman–Crippen LogP) is 0.857. The van der Waals surface area contributed by atoms with E-state index in [9.17, 15) is 12.8 Å². The molecule has 0 aromatic heterocycles. The molecular formula is C9H12ClFN2O2S. The Kier molecular flexibility index (Phi) is 4.67. The van der Waals surface area contributed by atoms with Crippen LogP contribution in [0.15, 0.2) is 18.2 Å². The third-order valence-corrected chi connectivity index (χ3v) is 2.98. The summed E-state index contributed by atoms with van der Waals surface area (Å²) in [7, 11) is -3.48. The van der Waals surface area contributed by atoms with E-state index in [2.05, 4.69) is 5.32 Å². The van der Waals surface area contributed by atoms with Crippen molar-refractivity contribution < 1.29 is 12.8 Å². The lowest BCUT2D eigenvalue weighted by molar-refractivity contribution is 0.583. The molecule has 0 aliphatic heterocycles. The highest BCUT2D eigenvalue weighted by Crippen LogP contribution is 2.17. The van der Waals surface area contributed by atoms with Crippen molar-refractivity contribution in [1.82, 2.24) is 5.32 Å². The fourth-order valence-corrected chi connectivity index (χ4v) is 1.75. The van der Waals surface area contributed by atoms with Crippen molar-refractivity contribution in [3.63, 3.8) is 0 Å². The first-order valence-electron chi connectivity index (χ1n) is 4.54. The second kappa shape index (κ2) is 5.58.